The summed E-state index contributed by atoms with van der Waals surface area (Å²) in [6.07, 6.45) is 6.71. The Bertz CT molecular complexity index is 2270. The van der Waals surface area contributed by atoms with Crippen molar-refractivity contribution in [3.63, 3.8) is 0 Å². The molecule has 0 spiro atoms. The highest BCUT2D eigenvalue weighted by atomic mass is 35.5. The van der Waals surface area contributed by atoms with E-state index >= 15 is 0 Å². The molecule has 9 heteroatoms. The molecule has 8 nitrogen and oxygen atoms in total. The van der Waals surface area contributed by atoms with Crippen LogP contribution in [0, 0.1) is 0 Å². The van der Waals surface area contributed by atoms with E-state index in [2.05, 4.69) is 53.5 Å². The molecule has 2 aliphatic heterocycles. The molecule has 2 saturated heterocycles. The number of halogens is 1. The van der Waals surface area contributed by atoms with Crippen molar-refractivity contribution in [1.82, 2.24) is 15.1 Å². The van der Waals surface area contributed by atoms with Crippen molar-refractivity contribution in [3.05, 3.63) is 202 Å². The molecule has 0 atom stereocenters. The van der Waals surface area contributed by atoms with Crippen LogP contribution in [0.4, 0.5) is 0 Å². The normalized spacial score (nSPS) is 14.6. The summed E-state index contributed by atoms with van der Waals surface area (Å²) in [6.45, 7) is 5.46. The summed E-state index contributed by atoms with van der Waals surface area (Å²) in [7, 11) is 4.31. The molecule has 6 aromatic carbocycles. The van der Waals surface area contributed by atoms with Crippen LogP contribution in [0.15, 0.2) is 158 Å². The zero-order valence-corrected chi connectivity index (χ0v) is 37.4. The average molecular weight is 866 g/mol. The van der Waals surface area contributed by atoms with Gasteiger partial charge in [-0.15, -0.1) is 0 Å². The first-order chi connectivity index (χ1) is 30.7. The Labute approximate surface area is 379 Å². The van der Waals surface area contributed by atoms with Gasteiger partial charge in [-0.2, -0.15) is 0 Å². The van der Waals surface area contributed by atoms with Crippen molar-refractivity contribution >= 4 is 22.8 Å². The Kier molecular flexibility index (Phi) is 18.4. The molecule has 63 heavy (non-hydrogen) atoms. The average Bonchev–Trinajstić information content (AvgIpc) is 3.31. The van der Waals surface area contributed by atoms with E-state index in [-0.39, 0.29) is 12.0 Å². The van der Waals surface area contributed by atoms with Crippen LogP contribution < -0.4 is 20.5 Å². The van der Waals surface area contributed by atoms with Gasteiger partial charge in [0.15, 0.2) is 0 Å². The van der Waals surface area contributed by atoms with Gasteiger partial charge in [0.25, 0.3) is 11.1 Å². The van der Waals surface area contributed by atoms with Gasteiger partial charge in [-0.25, -0.2) is 0 Å². The number of nitrogens with zero attached hydrogens (tertiary/aromatic N) is 2. The van der Waals surface area contributed by atoms with Crippen LogP contribution in [0.5, 0.6) is 11.5 Å². The molecule has 0 aromatic heterocycles. The maximum atomic E-state index is 12.6. The Morgan fingerprint density at radius 3 is 1.38 bits per heavy atom. The number of likely N-dealkylation sites (tertiary alicyclic amines) is 2. The van der Waals surface area contributed by atoms with Gasteiger partial charge in [0.05, 0.1) is 0 Å². The summed E-state index contributed by atoms with van der Waals surface area (Å²) < 4.78 is 12.1. The number of nitrogens with one attached hydrogen (secondary N) is 1. The van der Waals surface area contributed by atoms with Crippen molar-refractivity contribution in [2.45, 2.75) is 63.8 Å². The predicted octanol–water partition coefficient (Wildman–Crippen LogP) is 9.96. The molecule has 328 valence electrons. The number of amides is 1. The number of rotatable bonds is 13. The fourth-order valence-corrected chi connectivity index (χ4v) is 7.67. The van der Waals surface area contributed by atoms with Crippen LogP contribution in [0.1, 0.15) is 79.8 Å². The van der Waals surface area contributed by atoms with Gasteiger partial charge < -0.3 is 30.3 Å². The number of piperidine rings is 2. The fraction of sp³-hybridized carbons (Fsp3) is 0.296. The third kappa shape index (κ3) is 16.1. The van der Waals surface area contributed by atoms with Crippen LogP contribution in [-0.4, -0.2) is 73.4 Å². The summed E-state index contributed by atoms with van der Waals surface area (Å²) in [6, 6.07) is 51.9. The van der Waals surface area contributed by atoms with E-state index in [1.165, 1.54) is 22.3 Å². The number of benzene rings is 6. The van der Waals surface area contributed by atoms with Crippen molar-refractivity contribution < 1.29 is 19.1 Å². The van der Waals surface area contributed by atoms with Crippen LogP contribution in [0.2, 0.25) is 0 Å². The first-order valence-corrected chi connectivity index (χ1v) is 22.4. The monoisotopic (exact) mass is 864 g/mol. The van der Waals surface area contributed by atoms with E-state index in [1.54, 1.807) is 12.1 Å². The minimum atomic E-state index is -0.411. The Hall–Kier alpha value is -5.77. The zero-order valence-electron chi connectivity index (χ0n) is 36.6. The summed E-state index contributed by atoms with van der Waals surface area (Å²) in [5.74, 6) is 1.77. The molecule has 2 heterocycles. The maximum absolute atomic E-state index is 12.6. The molecule has 6 aromatic rings. The van der Waals surface area contributed by atoms with Crippen LogP contribution >= 0.6 is 11.6 Å². The minimum absolute atomic E-state index is 0.0621. The van der Waals surface area contributed by atoms with E-state index in [4.69, 9.17) is 26.8 Å². The molecule has 1 amide bonds. The first-order valence-electron chi connectivity index (χ1n) is 22.0. The SMILES string of the molecule is CN1CCC(Oc2cccc(CN)c2)CC1.CN1CCC(Oc2cccc(CNC(=O)c3ccc(Cc4ccccc4)cc3)c2)CC1.O=C(Cl)c1ccc(Cc2ccccc2)cc1. The number of hydrogen-bond donors (Lipinski definition) is 2. The smallest absolute Gasteiger partial charge is 0.252 e. The second kappa shape index (κ2) is 24.8. The number of ether oxygens (including phenoxy) is 2. The number of hydrogen-bond acceptors (Lipinski definition) is 7. The van der Waals surface area contributed by atoms with Crippen molar-refractivity contribution in [2.75, 3.05) is 40.3 Å². The molecule has 8 rings (SSSR count). The highest BCUT2D eigenvalue weighted by molar-refractivity contribution is 6.67. The molecular formula is C54H61ClN4O4. The van der Waals surface area contributed by atoms with Gasteiger partial charge in [-0.3, -0.25) is 9.59 Å². The highest BCUT2D eigenvalue weighted by Crippen LogP contribution is 2.22. The molecule has 0 unspecified atom stereocenters. The largest absolute Gasteiger partial charge is 0.490 e. The van der Waals surface area contributed by atoms with Gasteiger partial charge in [-0.05, 0) is 146 Å². The van der Waals surface area contributed by atoms with Crippen LogP contribution in [0.3, 0.4) is 0 Å². The molecule has 0 aliphatic carbocycles. The van der Waals surface area contributed by atoms with Crippen molar-refractivity contribution in [1.29, 1.82) is 0 Å². The Morgan fingerprint density at radius 2 is 0.937 bits per heavy atom. The Balaban J connectivity index is 0.000000173. The summed E-state index contributed by atoms with van der Waals surface area (Å²) in [5.41, 5.74) is 13.9. The van der Waals surface area contributed by atoms with Gasteiger partial charge in [0, 0.05) is 50.4 Å². The molecule has 2 aliphatic rings. The summed E-state index contributed by atoms with van der Waals surface area (Å²) >= 11 is 5.38. The lowest BCUT2D eigenvalue weighted by atomic mass is 10.0. The standard InChI is InChI=1S/C27H30N2O2.C14H11ClO.C13H20N2O/c1-29-16-14-25(15-17-29)31-26-9-5-8-23(19-26)20-28-27(30)24-12-10-22(11-13-24)18-21-6-3-2-4-7-21;15-14(16)13-8-6-12(7-9-13)10-11-4-2-1-3-5-11;1-15-7-5-12(6-8-15)16-13-4-2-3-11(9-13)10-14/h2-13,19,25H,14-18,20H2,1H3,(H,28,30);1-9H,10H2;2-4,9,12H,5-8,10,14H2,1H3. The second-order valence-corrected chi connectivity index (χ2v) is 16.8. The number of nitrogens with two attached hydrogens (primary N) is 1. The molecular weight excluding hydrogens is 804 g/mol. The van der Waals surface area contributed by atoms with E-state index in [9.17, 15) is 9.59 Å². The third-order valence-corrected chi connectivity index (χ3v) is 11.5. The minimum Gasteiger partial charge on any atom is -0.490 e. The summed E-state index contributed by atoms with van der Waals surface area (Å²) in [5, 5.41) is 2.61. The van der Waals surface area contributed by atoms with E-state index < -0.39 is 5.24 Å². The van der Waals surface area contributed by atoms with Crippen LogP contribution in [0.25, 0.3) is 0 Å². The number of carbonyl (C=O) groups excluding carboxylic acids is 2. The quantitative estimate of drug-likeness (QED) is 0.112. The lowest BCUT2D eigenvalue weighted by Gasteiger charge is -2.29. The van der Waals surface area contributed by atoms with Gasteiger partial charge in [0.1, 0.15) is 23.7 Å². The lowest BCUT2D eigenvalue weighted by molar-refractivity contribution is 0.0950. The third-order valence-electron chi connectivity index (χ3n) is 11.3. The van der Waals surface area contributed by atoms with Gasteiger partial charge in [0.2, 0.25) is 0 Å². The second-order valence-electron chi connectivity index (χ2n) is 16.4. The lowest BCUT2D eigenvalue weighted by Crippen LogP contribution is -2.35. The van der Waals surface area contributed by atoms with E-state index in [0.29, 0.717) is 30.3 Å². The predicted molar refractivity (Wildman–Crippen MR) is 256 cm³/mol. The van der Waals surface area contributed by atoms with Gasteiger partial charge in [-0.1, -0.05) is 109 Å². The molecule has 3 N–H and O–H groups in total. The summed E-state index contributed by atoms with van der Waals surface area (Å²) in [4.78, 5) is 28.1. The van der Waals surface area contributed by atoms with E-state index in [0.717, 1.165) is 87.3 Å². The molecule has 0 radical (unpaired) electrons. The zero-order chi connectivity index (χ0) is 44.2. The van der Waals surface area contributed by atoms with Gasteiger partial charge >= 0.3 is 0 Å². The maximum Gasteiger partial charge on any atom is 0.252 e. The Morgan fingerprint density at radius 1 is 0.540 bits per heavy atom. The van der Waals surface area contributed by atoms with Crippen molar-refractivity contribution in [2.24, 2.45) is 5.73 Å². The highest BCUT2D eigenvalue weighted by Gasteiger charge is 2.19. The molecule has 0 bridgehead atoms. The van der Waals surface area contributed by atoms with Crippen LogP contribution in [-0.2, 0) is 25.9 Å². The van der Waals surface area contributed by atoms with Crippen molar-refractivity contribution in [3.8, 4) is 11.5 Å². The fourth-order valence-electron chi connectivity index (χ4n) is 7.54. The molecule has 0 saturated carbocycles. The number of carbonyl (C=O) groups is 2. The topological polar surface area (TPSA) is 97.1 Å². The first kappa shape index (κ1) is 46.7. The molecule has 2 fully saturated rings. The van der Waals surface area contributed by atoms with E-state index in [1.807, 2.05) is 121 Å².